The minimum Gasteiger partial charge on any atom is -0.394 e. The topological polar surface area (TPSA) is 66.6 Å². The van der Waals surface area contributed by atoms with Crippen LogP contribution in [0.4, 0.5) is 0 Å². The maximum Gasteiger partial charge on any atom is 0.227 e. The predicted octanol–water partition coefficient (Wildman–Crippen LogP) is 1.12. The van der Waals surface area contributed by atoms with E-state index in [9.17, 15) is 9.90 Å². The number of aliphatic hydroxyl groups is 1. The number of rotatable bonds is 2. The van der Waals surface area contributed by atoms with E-state index in [1.54, 1.807) is 0 Å². The van der Waals surface area contributed by atoms with Crippen molar-refractivity contribution in [1.29, 1.82) is 0 Å². The van der Waals surface area contributed by atoms with Crippen LogP contribution in [-0.2, 0) is 4.79 Å². The molecule has 104 valence electrons. The molecule has 4 unspecified atom stereocenters. The Bertz CT molecular complexity index is 292. The maximum atomic E-state index is 12.6. The van der Waals surface area contributed by atoms with Crippen LogP contribution in [0.5, 0.6) is 0 Å². The largest absolute Gasteiger partial charge is 0.394 e. The van der Waals surface area contributed by atoms with Crippen molar-refractivity contribution in [2.45, 2.75) is 57.5 Å². The lowest BCUT2D eigenvalue weighted by molar-refractivity contribution is -0.142. The van der Waals surface area contributed by atoms with Crippen LogP contribution in [0.3, 0.4) is 0 Å². The Morgan fingerprint density at radius 2 is 2.11 bits per heavy atom. The molecule has 1 aliphatic heterocycles. The van der Waals surface area contributed by atoms with Crippen molar-refractivity contribution in [2.75, 3.05) is 13.2 Å². The first-order valence-electron chi connectivity index (χ1n) is 7.30. The third-order valence-corrected chi connectivity index (χ3v) is 4.60. The molecule has 3 N–H and O–H groups in total. The summed E-state index contributed by atoms with van der Waals surface area (Å²) in [5, 5.41) is 9.40. The minimum absolute atomic E-state index is 0.00923. The summed E-state index contributed by atoms with van der Waals surface area (Å²) in [4.78, 5) is 14.5. The van der Waals surface area contributed by atoms with E-state index in [2.05, 4.69) is 6.92 Å². The lowest BCUT2D eigenvalue weighted by Gasteiger charge is -2.40. The summed E-state index contributed by atoms with van der Waals surface area (Å²) in [5.74, 6) is 0.754. The zero-order chi connectivity index (χ0) is 13.1. The van der Waals surface area contributed by atoms with E-state index in [4.69, 9.17) is 5.73 Å². The van der Waals surface area contributed by atoms with Gasteiger partial charge in [0.2, 0.25) is 5.91 Å². The van der Waals surface area contributed by atoms with Crippen molar-refractivity contribution in [1.82, 2.24) is 4.90 Å². The number of hydrogen-bond donors (Lipinski definition) is 2. The zero-order valence-electron chi connectivity index (χ0n) is 11.3. The van der Waals surface area contributed by atoms with Crippen LogP contribution < -0.4 is 5.73 Å². The van der Waals surface area contributed by atoms with Crippen LogP contribution in [0.15, 0.2) is 0 Å². The summed E-state index contributed by atoms with van der Waals surface area (Å²) in [6, 6.07) is 0.0330. The van der Waals surface area contributed by atoms with E-state index in [0.717, 1.165) is 45.1 Å². The number of carbonyl (C=O) groups excluding carboxylic acids is 1. The Morgan fingerprint density at radius 3 is 2.83 bits per heavy atom. The molecule has 4 heteroatoms. The SMILES string of the molecule is CC1CCC(N)C(C(=O)N2CCCCC2CO)C1. The highest BCUT2D eigenvalue weighted by Crippen LogP contribution is 2.31. The fourth-order valence-corrected chi connectivity index (χ4v) is 3.38. The first-order valence-corrected chi connectivity index (χ1v) is 7.30. The van der Waals surface area contributed by atoms with Gasteiger partial charge in [0.25, 0.3) is 0 Å². The van der Waals surface area contributed by atoms with Crippen LogP contribution in [0.25, 0.3) is 0 Å². The van der Waals surface area contributed by atoms with Crippen molar-refractivity contribution in [3.05, 3.63) is 0 Å². The van der Waals surface area contributed by atoms with E-state index in [1.165, 1.54) is 0 Å². The van der Waals surface area contributed by atoms with E-state index in [0.29, 0.717) is 5.92 Å². The third kappa shape index (κ3) is 2.86. The maximum absolute atomic E-state index is 12.6. The second kappa shape index (κ2) is 6.02. The molecule has 0 aromatic heterocycles. The molecule has 2 aliphatic rings. The highest BCUT2D eigenvalue weighted by atomic mass is 16.3. The van der Waals surface area contributed by atoms with Crippen LogP contribution in [-0.4, -0.2) is 41.1 Å². The summed E-state index contributed by atoms with van der Waals surface area (Å²) in [5.41, 5.74) is 6.13. The lowest BCUT2D eigenvalue weighted by atomic mass is 9.78. The number of aliphatic hydroxyl groups excluding tert-OH is 1. The summed E-state index contributed by atoms with van der Waals surface area (Å²) in [6.45, 7) is 3.08. The number of hydrogen-bond acceptors (Lipinski definition) is 3. The molecule has 0 aromatic carbocycles. The van der Waals surface area contributed by atoms with Crippen molar-refractivity contribution in [2.24, 2.45) is 17.6 Å². The standard InChI is InChI=1S/C14H26N2O2/c1-10-5-6-13(15)12(8-10)14(18)16-7-3-2-4-11(16)9-17/h10-13,17H,2-9,15H2,1H3. The first kappa shape index (κ1) is 13.8. The van der Waals surface area contributed by atoms with E-state index in [-0.39, 0.29) is 30.5 Å². The first-order chi connectivity index (χ1) is 8.63. The molecule has 1 saturated heterocycles. The molecule has 0 spiro atoms. The van der Waals surface area contributed by atoms with Gasteiger partial charge in [-0.3, -0.25) is 4.79 Å². The average Bonchev–Trinajstić information content (AvgIpc) is 2.40. The molecule has 1 saturated carbocycles. The highest BCUT2D eigenvalue weighted by molar-refractivity contribution is 5.80. The molecule has 0 bridgehead atoms. The van der Waals surface area contributed by atoms with E-state index < -0.39 is 0 Å². The Balaban J connectivity index is 2.04. The van der Waals surface area contributed by atoms with E-state index >= 15 is 0 Å². The second-order valence-corrected chi connectivity index (χ2v) is 6.05. The van der Waals surface area contributed by atoms with Gasteiger partial charge in [0.1, 0.15) is 0 Å². The molecular weight excluding hydrogens is 228 g/mol. The van der Waals surface area contributed by atoms with Crippen LogP contribution in [0, 0.1) is 11.8 Å². The van der Waals surface area contributed by atoms with Crippen LogP contribution in [0.2, 0.25) is 0 Å². The number of nitrogens with zero attached hydrogens (tertiary/aromatic N) is 1. The van der Waals surface area contributed by atoms with Gasteiger partial charge < -0.3 is 15.7 Å². The number of amides is 1. The predicted molar refractivity (Wildman–Crippen MR) is 70.9 cm³/mol. The van der Waals surface area contributed by atoms with Crippen LogP contribution in [0.1, 0.15) is 45.4 Å². The van der Waals surface area contributed by atoms with Crippen molar-refractivity contribution >= 4 is 5.91 Å². The van der Waals surface area contributed by atoms with Gasteiger partial charge in [0, 0.05) is 12.6 Å². The van der Waals surface area contributed by atoms with Gasteiger partial charge in [0.15, 0.2) is 0 Å². The Kier molecular flexibility index (Phi) is 4.62. The highest BCUT2D eigenvalue weighted by Gasteiger charge is 2.37. The van der Waals surface area contributed by atoms with Gasteiger partial charge in [-0.25, -0.2) is 0 Å². The number of piperidine rings is 1. The fourth-order valence-electron chi connectivity index (χ4n) is 3.38. The van der Waals surface area contributed by atoms with Gasteiger partial charge in [-0.05, 0) is 44.4 Å². The quantitative estimate of drug-likeness (QED) is 0.776. The van der Waals surface area contributed by atoms with E-state index in [1.807, 2.05) is 4.90 Å². The summed E-state index contributed by atoms with van der Waals surface area (Å²) >= 11 is 0. The lowest BCUT2D eigenvalue weighted by Crippen LogP contribution is -2.52. The van der Waals surface area contributed by atoms with Gasteiger partial charge >= 0.3 is 0 Å². The molecule has 1 amide bonds. The molecule has 2 fully saturated rings. The summed E-state index contributed by atoms with van der Waals surface area (Å²) in [7, 11) is 0. The van der Waals surface area contributed by atoms with Gasteiger partial charge in [0.05, 0.1) is 18.6 Å². The van der Waals surface area contributed by atoms with Crippen LogP contribution >= 0.6 is 0 Å². The van der Waals surface area contributed by atoms with Crippen molar-refractivity contribution < 1.29 is 9.90 Å². The Labute approximate surface area is 110 Å². The molecule has 2 rings (SSSR count). The molecule has 4 nitrogen and oxygen atoms in total. The Hall–Kier alpha value is -0.610. The fraction of sp³-hybridized carbons (Fsp3) is 0.929. The number of carbonyl (C=O) groups is 1. The summed E-state index contributed by atoms with van der Waals surface area (Å²) in [6.07, 6.45) is 6.10. The molecule has 1 aliphatic carbocycles. The monoisotopic (exact) mass is 254 g/mol. The van der Waals surface area contributed by atoms with Crippen molar-refractivity contribution in [3.63, 3.8) is 0 Å². The number of likely N-dealkylation sites (tertiary alicyclic amines) is 1. The minimum atomic E-state index is -0.0269. The molecule has 4 atom stereocenters. The molecule has 18 heavy (non-hydrogen) atoms. The normalized spacial score (nSPS) is 37.6. The van der Waals surface area contributed by atoms with Gasteiger partial charge in [-0.2, -0.15) is 0 Å². The summed E-state index contributed by atoms with van der Waals surface area (Å²) < 4.78 is 0. The van der Waals surface area contributed by atoms with Gasteiger partial charge in [-0.15, -0.1) is 0 Å². The molecule has 0 aromatic rings. The number of nitrogens with two attached hydrogens (primary N) is 1. The second-order valence-electron chi connectivity index (χ2n) is 6.05. The Morgan fingerprint density at radius 1 is 1.33 bits per heavy atom. The van der Waals surface area contributed by atoms with Crippen molar-refractivity contribution in [3.8, 4) is 0 Å². The third-order valence-electron chi connectivity index (χ3n) is 4.60. The molecule has 0 radical (unpaired) electrons. The smallest absolute Gasteiger partial charge is 0.227 e. The molecular formula is C14H26N2O2. The zero-order valence-corrected chi connectivity index (χ0v) is 11.3. The molecule has 1 heterocycles. The average molecular weight is 254 g/mol. The van der Waals surface area contributed by atoms with Gasteiger partial charge in [-0.1, -0.05) is 6.92 Å².